The summed E-state index contributed by atoms with van der Waals surface area (Å²) >= 11 is 0. The van der Waals surface area contributed by atoms with Crippen molar-refractivity contribution in [2.45, 2.75) is 45.9 Å². The number of nitrogens with two attached hydrogens (primary N) is 1. The van der Waals surface area contributed by atoms with Crippen molar-refractivity contribution in [3.05, 3.63) is 59.5 Å². The molecule has 0 bridgehead atoms. The molecule has 0 spiro atoms. The molecule has 25 heavy (non-hydrogen) atoms. The van der Waals surface area contributed by atoms with E-state index in [4.69, 9.17) is 10.2 Å². The van der Waals surface area contributed by atoms with Gasteiger partial charge in [-0.05, 0) is 51.1 Å². The van der Waals surface area contributed by atoms with Gasteiger partial charge in [0.1, 0.15) is 5.76 Å². The van der Waals surface area contributed by atoms with Crippen molar-refractivity contribution in [2.24, 2.45) is 10.7 Å². The zero-order valence-corrected chi connectivity index (χ0v) is 17.8. The summed E-state index contributed by atoms with van der Waals surface area (Å²) < 4.78 is 5.41. The van der Waals surface area contributed by atoms with Crippen LogP contribution in [0.3, 0.4) is 0 Å². The molecule has 0 unspecified atom stereocenters. The Bertz CT molecular complexity index is 662. The number of aliphatic imine (C=N–C) groups is 1. The van der Waals surface area contributed by atoms with Gasteiger partial charge in [0.15, 0.2) is 5.96 Å². The topological polar surface area (TPSA) is 66.8 Å². The van der Waals surface area contributed by atoms with Crippen LogP contribution in [0, 0.1) is 0 Å². The van der Waals surface area contributed by atoms with Crippen molar-refractivity contribution in [1.29, 1.82) is 0 Å². The summed E-state index contributed by atoms with van der Waals surface area (Å²) in [6.07, 6.45) is 1.71. The minimum absolute atomic E-state index is 0. The molecule has 0 radical (unpaired) electrons. The molecule has 0 fully saturated rings. The zero-order valence-electron chi connectivity index (χ0n) is 15.5. The third-order valence-corrected chi connectivity index (χ3v) is 3.49. The Hall–Kier alpha value is -1.54. The van der Waals surface area contributed by atoms with Crippen LogP contribution >= 0.6 is 24.0 Å². The lowest BCUT2D eigenvalue weighted by Gasteiger charge is -2.21. The second-order valence-corrected chi connectivity index (χ2v) is 7.10. The largest absolute Gasteiger partial charge is 0.468 e. The lowest BCUT2D eigenvalue weighted by Crippen LogP contribution is -2.45. The predicted molar refractivity (Wildman–Crippen MR) is 114 cm³/mol. The van der Waals surface area contributed by atoms with Gasteiger partial charge in [-0.15, -0.1) is 24.0 Å². The molecule has 138 valence electrons. The van der Waals surface area contributed by atoms with Crippen LogP contribution in [0.15, 0.2) is 52.1 Å². The third kappa shape index (κ3) is 7.92. The minimum atomic E-state index is -0.0869. The van der Waals surface area contributed by atoms with Crippen LogP contribution in [0.2, 0.25) is 0 Å². The van der Waals surface area contributed by atoms with Gasteiger partial charge >= 0.3 is 0 Å². The van der Waals surface area contributed by atoms with Gasteiger partial charge in [-0.25, -0.2) is 4.99 Å². The van der Waals surface area contributed by atoms with Crippen molar-refractivity contribution in [2.75, 3.05) is 7.05 Å². The molecule has 5 nitrogen and oxygen atoms in total. The Kier molecular flexibility index (Phi) is 8.44. The number of benzene rings is 1. The summed E-state index contributed by atoms with van der Waals surface area (Å²) in [4.78, 5) is 6.69. The molecule has 1 aromatic heterocycles. The Balaban J connectivity index is 0.00000312. The number of hydrogen-bond donors (Lipinski definition) is 2. The Labute approximate surface area is 167 Å². The summed E-state index contributed by atoms with van der Waals surface area (Å²) in [6, 6.07) is 12.2. The maximum Gasteiger partial charge on any atom is 0.189 e. The lowest BCUT2D eigenvalue weighted by atomic mass is 10.1. The maximum atomic E-state index is 5.97. The van der Waals surface area contributed by atoms with Crippen LogP contribution in [-0.4, -0.2) is 23.4 Å². The smallest absolute Gasteiger partial charge is 0.189 e. The minimum Gasteiger partial charge on any atom is -0.468 e. The molecule has 3 N–H and O–H groups in total. The molecular weight excluding hydrogens is 427 g/mol. The standard InChI is InChI=1S/C19H28N4O.HI/c1-19(2,3)22-18(20)21-12-15-8-5-6-9-16(15)13-23(4)14-17-10-7-11-24-17;/h5-11H,12-14H2,1-4H3,(H3,20,21,22);1H. The van der Waals surface area contributed by atoms with E-state index in [2.05, 4.69) is 61.2 Å². The maximum absolute atomic E-state index is 5.97. The summed E-state index contributed by atoms with van der Waals surface area (Å²) in [7, 11) is 2.08. The normalized spacial score (nSPS) is 12.1. The highest BCUT2D eigenvalue weighted by atomic mass is 127. The first-order chi connectivity index (χ1) is 11.3. The van der Waals surface area contributed by atoms with Gasteiger partial charge in [0.25, 0.3) is 0 Å². The quantitative estimate of drug-likeness (QED) is 0.395. The van der Waals surface area contributed by atoms with E-state index in [1.165, 1.54) is 11.1 Å². The molecule has 0 aliphatic rings. The van der Waals surface area contributed by atoms with Gasteiger partial charge in [0.05, 0.1) is 19.4 Å². The van der Waals surface area contributed by atoms with Gasteiger partial charge in [0, 0.05) is 12.1 Å². The number of guanidine groups is 1. The fraction of sp³-hybridized carbons (Fsp3) is 0.421. The van der Waals surface area contributed by atoms with Gasteiger partial charge in [-0.2, -0.15) is 0 Å². The summed E-state index contributed by atoms with van der Waals surface area (Å²) in [5.74, 6) is 1.44. The van der Waals surface area contributed by atoms with E-state index in [9.17, 15) is 0 Å². The van der Waals surface area contributed by atoms with Crippen LogP contribution in [0.25, 0.3) is 0 Å². The molecule has 2 aromatic rings. The second kappa shape index (κ2) is 9.82. The molecule has 6 heteroatoms. The number of rotatable bonds is 6. The van der Waals surface area contributed by atoms with Gasteiger partial charge in [-0.1, -0.05) is 24.3 Å². The van der Waals surface area contributed by atoms with Crippen molar-refractivity contribution >= 4 is 29.9 Å². The van der Waals surface area contributed by atoms with E-state index in [1.807, 2.05) is 18.2 Å². The van der Waals surface area contributed by atoms with Crippen molar-refractivity contribution < 1.29 is 4.42 Å². The highest BCUT2D eigenvalue weighted by Crippen LogP contribution is 2.14. The molecule has 0 saturated carbocycles. The number of nitrogens with one attached hydrogen (secondary N) is 1. The molecule has 0 atom stereocenters. The average Bonchev–Trinajstić information content (AvgIpc) is 2.97. The van der Waals surface area contributed by atoms with Gasteiger partial charge in [0.2, 0.25) is 0 Å². The Morgan fingerprint density at radius 1 is 1.12 bits per heavy atom. The predicted octanol–water partition coefficient (Wildman–Crippen LogP) is 3.73. The van der Waals surface area contributed by atoms with E-state index in [-0.39, 0.29) is 29.5 Å². The second-order valence-electron chi connectivity index (χ2n) is 7.10. The van der Waals surface area contributed by atoms with E-state index < -0.39 is 0 Å². The molecule has 0 aliphatic heterocycles. The summed E-state index contributed by atoms with van der Waals surface area (Å²) in [5, 5.41) is 3.18. The first kappa shape index (κ1) is 21.5. The average molecular weight is 456 g/mol. The first-order valence-corrected chi connectivity index (χ1v) is 8.19. The summed E-state index contributed by atoms with van der Waals surface area (Å²) in [6.45, 7) is 8.36. The van der Waals surface area contributed by atoms with Crippen molar-refractivity contribution in [3.8, 4) is 0 Å². The fourth-order valence-corrected chi connectivity index (χ4v) is 2.48. The third-order valence-electron chi connectivity index (χ3n) is 3.49. The molecule has 1 aromatic carbocycles. The SMILES string of the molecule is CN(Cc1ccco1)Cc1ccccc1CN=C(N)NC(C)(C)C.I. The Morgan fingerprint density at radius 2 is 1.80 bits per heavy atom. The molecule has 0 amide bonds. The van der Waals surface area contributed by atoms with Gasteiger partial charge < -0.3 is 15.5 Å². The number of hydrogen-bond acceptors (Lipinski definition) is 3. The summed E-state index contributed by atoms with van der Waals surface area (Å²) in [5.41, 5.74) is 8.31. The molecule has 0 saturated heterocycles. The number of nitrogens with zero attached hydrogens (tertiary/aromatic N) is 2. The molecule has 0 aliphatic carbocycles. The molecule has 1 heterocycles. The van der Waals surface area contributed by atoms with Crippen LogP contribution < -0.4 is 11.1 Å². The van der Waals surface area contributed by atoms with Crippen LogP contribution in [0.1, 0.15) is 37.7 Å². The lowest BCUT2D eigenvalue weighted by molar-refractivity contribution is 0.287. The fourth-order valence-electron chi connectivity index (χ4n) is 2.48. The Morgan fingerprint density at radius 3 is 2.40 bits per heavy atom. The van der Waals surface area contributed by atoms with Crippen molar-refractivity contribution in [1.82, 2.24) is 10.2 Å². The number of furan rings is 1. The zero-order chi connectivity index (χ0) is 17.6. The van der Waals surface area contributed by atoms with E-state index in [1.54, 1.807) is 6.26 Å². The highest BCUT2D eigenvalue weighted by Gasteiger charge is 2.10. The monoisotopic (exact) mass is 456 g/mol. The van der Waals surface area contributed by atoms with Crippen molar-refractivity contribution in [3.63, 3.8) is 0 Å². The van der Waals surface area contributed by atoms with Crippen LogP contribution in [-0.2, 0) is 19.6 Å². The molecule has 2 rings (SSSR count). The van der Waals surface area contributed by atoms with Crippen LogP contribution in [0.5, 0.6) is 0 Å². The van der Waals surface area contributed by atoms with Crippen LogP contribution in [0.4, 0.5) is 0 Å². The first-order valence-electron chi connectivity index (χ1n) is 8.19. The molecular formula is C19H29IN4O. The van der Waals surface area contributed by atoms with E-state index in [0.717, 1.165) is 18.8 Å². The van der Waals surface area contributed by atoms with Gasteiger partial charge in [-0.3, -0.25) is 4.90 Å². The van der Waals surface area contributed by atoms with E-state index >= 15 is 0 Å². The highest BCUT2D eigenvalue weighted by molar-refractivity contribution is 14.0. The number of halogens is 1. The van der Waals surface area contributed by atoms with E-state index in [0.29, 0.717) is 12.5 Å².